The third-order valence-electron chi connectivity index (χ3n) is 3.04. The van der Waals surface area contributed by atoms with Crippen LogP contribution in [0, 0.1) is 0 Å². The Labute approximate surface area is 123 Å². The lowest BCUT2D eigenvalue weighted by Gasteiger charge is -2.11. The summed E-state index contributed by atoms with van der Waals surface area (Å²) in [5.41, 5.74) is 1.12. The molecule has 3 nitrogen and oxygen atoms in total. The number of unbranched alkanes of at least 4 members (excludes halogenated alkanes) is 2. The minimum atomic E-state index is 0.658. The monoisotopic (exact) mass is 277 g/mol. The summed E-state index contributed by atoms with van der Waals surface area (Å²) in [5, 5.41) is 3.38. The lowest BCUT2D eigenvalue weighted by atomic mass is 10.2. The fourth-order valence-corrected chi connectivity index (χ4v) is 1.96. The topological polar surface area (TPSA) is 30.5 Å². The van der Waals surface area contributed by atoms with Gasteiger partial charge in [-0.2, -0.15) is 0 Å². The Morgan fingerprint density at radius 2 is 2.00 bits per heavy atom. The zero-order chi connectivity index (χ0) is 14.6. The van der Waals surface area contributed by atoms with Crippen molar-refractivity contribution in [2.75, 3.05) is 26.8 Å². The van der Waals surface area contributed by atoms with Crippen LogP contribution in [0.2, 0.25) is 0 Å². The van der Waals surface area contributed by atoms with Gasteiger partial charge >= 0.3 is 0 Å². The molecule has 0 saturated heterocycles. The van der Waals surface area contributed by atoms with Crippen LogP contribution in [-0.2, 0) is 0 Å². The molecule has 0 atom stereocenters. The summed E-state index contributed by atoms with van der Waals surface area (Å²) in [6.07, 6.45) is 7.83. The zero-order valence-electron chi connectivity index (χ0n) is 12.9. The van der Waals surface area contributed by atoms with Gasteiger partial charge in [-0.05, 0) is 37.6 Å². The van der Waals surface area contributed by atoms with E-state index in [9.17, 15) is 0 Å². The van der Waals surface area contributed by atoms with E-state index < -0.39 is 0 Å². The van der Waals surface area contributed by atoms with Crippen LogP contribution in [0.4, 0.5) is 0 Å². The van der Waals surface area contributed by atoms with Crippen LogP contribution in [-0.4, -0.2) is 26.8 Å². The molecule has 0 aliphatic carbocycles. The van der Waals surface area contributed by atoms with Gasteiger partial charge in [-0.25, -0.2) is 0 Å². The number of rotatable bonds is 10. The maximum absolute atomic E-state index is 5.76. The number of ether oxygens (including phenoxy) is 2. The van der Waals surface area contributed by atoms with Crippen molar-refractivity contribution in [3.8, 4) is 11.5 Å². The molecular formula is C17H27NO2. The summed E-state index contributed by atoms with van der Waals surface area (Å²) >= 11 is 0. The highest BCUT2D eigenvalue weighted by atomic mass is 16.5. The molecule has 0 unspecified atom stereocenters. The summed E-state index contributed by atoms with van der Waals surface area (Å²) in [6.45, 7) is 6.80. The first-order valence-corrected chi connectivity index (χ1v) is 7.46. The van der Waals surface area contributed by atoms with Crippen LogP contribution in [0.1, 0.15) is 38.7 Å². The van der Waals surface area contributed by atoms with Crippen LogP contribution in [0.3, 0.4) is 0 Å². The van der Waals surface area contributed by atoms with Crippen LogP contribution >= 0.6 is 0 Å². The molecule has 1 N–H and O–H groups in total. The first-order valence-electron chi connectivity index (χ1n) is 7.46. The highest BCUT2D eigenvalue weighted by Crippen LogP contribution is 2.28. The van der Waals surface area contributed by atoms with Gasteiger partial charge in [-0.1, -0.05) is 38.0 Å². The molecule has 0 saturated carbocycles. The molecule has 0 bridgehead atoms. The molecule has 1 aromatic rings. The average Bonchev–Trinajstić information content (AvgIpc) is 2.47. The van der Waals surface area contributed by atoms with Crippen molar-refractivity contribution in [3.05, 3.63) is 29.8 Å². The third-order valence-corrected chi connectivity index (χ3v) is 3.04. The van der Waals surface area contributed by atoms with E-state index in [2.05, 4.69) is 12.2 Å². The van der Waals surface area contributed by atoms with Crippen molar-refractivity contribution >= 4 is 6.08 Å². The van der Waals surface area contributed by atoms with Gasteiger partial charge in [-0.3, -0.25) is 0 Å². The van der Waals surface area contributed by atoms with Gasteiger partial charge in [0, 0.05) is 6.54 Å². The Hall–Kier alpha value is -1.48. The molecular weight excluding hydrogens is 250 g/mol. The van der Waals surface area contributed by atoms with Crippen molar-refractivity contribution in [2.24, 2.45) is 0 Å². The molecule has 0 amide bonds. The minimum absolute atomic E-state index is 0.658. The van der Waals surface area contributed by atoms with E-state index >= 15 is 0 Å². The largest absolute Gasteiger partial charge is 0.493 e. The molecule has 112 valence electrons. The van der Waals surface area contributed by atoms with E-state index in [4.69, 9.17) is 9.47 Å². The lowest BCUT2D eigenvalue weighted by Crippen LogP contribution is -2.22. The second-order valence-corrected chi connectivity index (χ2v) is 4.72. The van der Waals surface area contributed by atoms with Crippen molar-refractivity contribution in [1.29, 1.82) is 0 Å². The number of methoxy groups -OCH3 is 1. The standard InChI is InChI=1S/C17H27NO2/c1-4-6-7-11-18-12-13-20-16-10-9-15(8-5-2)14-17(16)19-3/h5,8-10,14,18H,4,6-7,11-13H2,1-3H3. The second-order valence-electron chi connectivity index (χ2n) is 4.72. The molecule has 3 heteroatoms. The normalized spacial score (nSPS) is 10.9. The number of nitrogens with one attached hydrogen (secondary N) is 1. The van der Waals surface area contributed by atoms with E-state index in [0.29, 0.717) is 6.61 Å². The maximum Gasteiger partial charge on any atom is 0.161 e. The first-order chi connectivity index (χ1) is 9.81. The maximum atomic E-state index is 5.76. The summed E-state index contributed by atoms with van der Waals surface area (Å²) in [7, 11) is 1.67. The summed E-state index contributed by atoms with van der Waals surface area (Å²) in [6, 6.07) is 5.99. The van der Waals surface area contributed by atoms with Gasteiger partial charge in [0.25, 0.3) is 0 Å². The van der Waals surface area contributed by atoms with Crippen molar-refractivity contribution in [3.63, 3.8) is 0 Å². The number of benzene rings is 1. The van der Waals surface area contributed by atoms with Crippen molar-refractivity contribution < 1.29 is 9.47 Å². The number of allylic oxidation sites excluding steroid dienone is 1. The first kappa shape index (κ1) is 16.6. The van der Waals surface area contributed by atoms with E-state index in [1.807, 2.05) is 37.3 Å². The molecule has 0 radical (unpaired) electrons. The number of hydrogen-bond acceptors (Lipinski definition) is 3. The van der Waals surface area contributed by atoms with Crippen LogP contribution in [0.15, 0.2) is 24.3 Å². The molecule has 0 aromatic heterocycles. The van der Waals surface area contributed by atoms with E-state index in [1.54, 1.807) is 7.11 Å². The highest BCUT2D eigenvalue weighted by molar-refractivity contribution is 5.55. The van der Waals surface area contributed by atoms with Gasteiger partial charge in [-0.15, -0.1) is 0 Å². The SMILES string of the molecule is CC=Cc1ccc(OCCNCCCCC)c(OC)c1. The summed E-state index contributed by atoms with van der Waals surface area (Å²) in [4.78, 5) is 0. The fourth-order valence-electron chi connectivity index (χ4n) is 1.96. The Balaban J connectivity index is 2.36. The summed E-state index contributed by atoms with van der Waals surface area (Å²) < 4.78 is 11.1. The van der Waals surface area contributed by atoms with Crippen molar-refractivity contribution in [2.45, 2.75) is 33.1 Å². The molecule has 1 rings (SSSR count). The predicted molar refractivity (Wildman–Crippen MR) is 85.6 cm³/mol. The van der Waals surface area contributed by atoms with Gasteiger partial charge in [0.15, 0.2) is 11.5 Å². The summed E-state index contributed by atoms with van der Waals surface area (Å²) in [5.74, 6) is 1.59. The minimum Gasteiger partial charge on any atom is -0.493 e. The molecule has 1 aromatic carbocycles. The van der Waals surface area contributed by atoms with Gasteiger partial charge in [0.05, 0.1) is 7.11 Å². The van der Waals surface area contributed by atoms with Gasteiger partial charge < -0.3 is 14.8 Å². The van der Waals surface area contributed by atoms with E-state index in [1.165, 1.54) is 19.3 Å². The molecule has 0 aliphatic heterocycles. The molecule has 20 heavy (non-hydrogen) atoms. The lowest BCUT2D eigenvalue weighted by molar-refractivity contribution is 0.292. The second kappa shape index (κ2) is 10.3. The molecule has 0 aliphatic rings. The van der Waals surface area contributed by atoms with Gasteiger partial charge in [0.2, 0.25) is 0 Å². The molecule has 0 heterocycles. The highest BCUT2D eigenvalue weighted by Gasteiger charge is 2.04. The van der Waals surface area contributed by atoms with Crippen molar-refractivity contribution in [1.82, 2.24) is 5.32 Å². The van der Waals surface area contributed by atoms with Crippen LogP contribution in [0.5, 0.6) is 11.5 Å². The van der Waals surface area contributed by atoms with Crippen LogP contribution < -0.4 is 14.8 Å². The molecule has 0 fully saturated rings. The quantitative estimate of drug-likeness (QED) is 0.658. The Kier molecular flexibility index (Phi) is 8.56. The van der Waals surface area contributed by atoms with Gasteiger partial charge in [0.1, 0.15) is 6.61 Å². The Morgan fingerprint density at radius 1 is 1.15 bits per heavy atom. The number of hydrogen-bond donors (Lipinski definition) is 1. The Bertz CT molecular complexity index is 402. The Morgan fingerprint density at radius 3 is 2.70 bits per heavy atom. The average molecular weight is 277 g/mol. The zero-order valence-corrected chi connectivity index (χ0v) is 12.9. The smallest absolute Gasteiger partial charge is 0.161 e. The molecule has 0 spiro atoms. The predicted octanol–water partition coefficient (Wildman–Crippen LogP) is 3.89. The fraction of sp³-hybridized carbons (Fsp3) is 0.529. The third kappa shape index (κ3) is 6.11. The van der Waals surface area contributed by atoms with Crippen LogP contribution in [0.25, 0.3) is 6.08 Å². The van der Waals surface area contributed by atoms with E-state index in [-0.39, 0.29) is 0 Å². The van der Waals surface area contributed by atoms with E-state index in [0.717, 1.165) is 30.2 Å².